The van der Waals surface area contributed by atoms with Crippen LogP contribution in [0.3, 0.4) is 0 Å². The molecule has 176 valence electrons. The number of aromatic nitrogens is 2. The first-order chi connectivity index (χ1) is 16.2. The highest BCUT2D eigenvalue weighted by Gasteiger charge is 2.29. The third kappa shape index (κ3) is 5.22. The number of nitrogens with one attached hydrogen (secondary N) is 1. The molecule has 4 aromatic rings. The lowest BCUT2D eigenvalue weighted by Gasteiger charge is -2.10. The van der Waals surface area contributed by atoms with Gasteiger partial charge in [0.15, 0.2) is 0 Å². The fourth-order valence-corrected chi connectivity index (χ4v) is 3.61. The second-order valence-electron chi connectivity index (χ2n) is 8.00. The van der Waals surface area contributed by atoms with Crippen LogP contribution in [0, 0.1) is 6.92 Å². The zero-order chi connectivity index (χ0) is 24.3. The van der Waals surface area contributed by atoms with Crippen molar-refractivity contribution in [2.24, 2.45) is 0 Å². The van der Waals surface area contributed by atoms with Gasteiger partial charge in [0.1, 0.15) is 23.7 Å². The number of imidazole rings is 1. The van der Waals surface area contributed by atoms with Crippen LogP contribution in [-0.4, -0.2) is 15.3 Å². The Hall–Kier alpha value is -3.81. The Bertz CT molecular complexity index is 1290. The number of amides is 1. The Kier molecular flexibility index (Phi) is 6.58. The summed E-state index contributed by atoms with van der Waals surface area (Å²) in [4.78, 5) is 17.5. The van der Waals surface area contributed by atoms with Crippen LogP contribution in [0.25, 0.3) is 5.65 Å². The van der Waals surface area contributed by atoms with Crippen LogP contribution >= 0.6 is 0 Å². The van der Waals surface area contributed by atoms with Crippen molar-refractivity contribution < 1.29 is 22.7 Å². The fraction of sp³-hybridized carbons (Fsp3) is 0.231. The minimum absolute atomic E-state index is 0.155. The van der Waals surface area contributed by atoms with E-state index in [1.165, 1.54) is 12.1 Å². The van der Waals surface area contributed by atoms with Crippen molar-refractivity contribution in [1.29, 1.82) is 0 Å². The number of fused-ring (bicyclic) bond motifs is 1. The van der Waals surface area contributed by atoms with Gasteiger partial charge in [-0.25, -0.2) is 4.98 Å². The highest BCUT2D eigenvalue weighted by molar-refractivity contribution is 5.94. The van der Waals surface area contributed by atoms with E-state index in [1.807, 2.05) is 44.3 Å². The molecule has 0 aliphatic carbocycles. The summed E-state index contributed by atoms with van der Waals surface area (Å²) in [6, 6.07) is 16.0. The maximum absolute atomic E-state index is 12.9. The summed E-state index contributed by atoms with van der Waals surface area (Å²) in [7, 11) is 0. The number of carbonyl (C=O) groups is 1. The summed E-state index contributed by atoms with van der Waals surface area (Å²) in [5.74, 6) is 0.385. The fourth-order valence-electron chi connectivity index (χ4n) is 3.61. The summed E-state index contributed by atoms with van der Waals surface area (Å²) in [6.07, 6.45) is -1.85. The van der Waals surface area contributed by atoms with Crippen molar-refractivity contribution in [2.75, 3.05) is 0 Å². The van der Waals surface area contributed by atoms with E-state index in [-0.39, 0.29) is 12.5 Å². The van der Waals surface area contributed by atoms with Gasteiger partial charge in [0, 0.05) is 12.7 Å². The van der Waals surface area contributed by atoms with Crippen molar-refractivity contribution in [3.8, 4) is 5.75 Å². The van der Waals surface area contributed by atoms with E-state index in [9.17, 15) is 18.0 Å². The molecule has 2 aromatic carbocycles. The number of nitrogens with zero attached hydrogens (tertiary/aromatic N) is 2. The largest absolute Gasteiger partial charge is 0.489 e. The molecule has 4 rings (SSSR count). The number of halogens is 3. The van der Waals surface area contributed by atoms with Gasteiger partial charge >= 0.3 is 6.18 Å². The summed E-state index contributed by atoms with van der Waals surface area (Å²) < 4.78 is 45.5. The van der Waals surface area contributed by atoms with Gasteiger partial charge in [0.05, 0.1) is 11.3 Å². The monoisotopic (exact) mass is 467 g/mol. The quantitative estimate of drug-likeness (QED) is 0.378. The zero-order valence-corrected chi connectivity index (χ0v) is 18.8. The topological polar surface area (TPSA) is 55.6 Å². The van der Waals surface area contributed by atoms with Crippen LogP contribution in [0.15, 0.2) is 66.9 Å². The number of hydrogen-bond donors (Lipinski definition) is 1. The molecule has 2 heterocycles. The lowest BCUT2D eigenvalue weighted by Crippen LogP contribution is -2.25. The molecule has 0 saturated carbocycles. The number of pyridine rings is 1. The molecule has 0 aliphatic heterocycles. The van der Waals surface area contributed by atoms with Gasteiger partial charge in [-0.1, -0.05) is 31.2 Å². The molecule has 8 heteroatoms. The number of hydrogen-bond acceptors (Lipinski definition) is 3. The number of alkyl halides is 3. The Labute approximate surface area is 195 Å². The molecule has 0 saturated heterocycles. The van der Waals surface area contributed by atoms with E-state index in [0.717, 1.165) is 34.6 Å². The smallest absolute Gasteiger partial charge is 0.416 e. The molecule has 5 nitrogen and oxygen atoms in total. The zero-order valence-electron chi connectivity index (χ0n) is 18.8. The van der Waals surface area contributed by atoms with E-state index >= 15 is 0 Å². The predicted molar refractivity (Wildman–Crippen MR) is 123 cm³/mol. The lowest BCUT2D eigenvalue weighted by atomic mass is 10.1. The summed E-state index contributed by atoms with van der Waals surface area (Å²) in [5.41, 5.74) is 3.94. The molecule has 1 N–H and O–H groups in total. The third-order valence-corrected chi connectivity index (χ3v) is 5.47. The Morgan fingerprint density at radius 3 is 2.35 bits per heavy atom. The molecule has 0 fully saturated rings. The maximum Gasteiger partial charge on any atom is 0.416 e. The Balaban J connectivity index is 1.35. The molecule has 34 heavy (non-hydrogen) atoms. The minimum atomic E-state index is -4.35. The van der Waals surface area contributed by atoms with Gasteiger partial charge < -0.3 is 10.1 Å². The molecule has 0 aliphatic rings. The molecular formula is C26H24F3N3O2. The van der Waals surface area contributed by atoms with Gasteiger partial charge in [-0.3, -0.25) is 9.20 Å². The van der Waals surface area contributed by atoms with Gasteiger partial charge in [0.25, 0.3) is 5.91 Å². The standard InChI is InChI=1S/C26H24F3N3O2/c1-3-22-24(32-13-12-17(2)14-23(32)31-22)25(33)30-15-18-6-10-21(11-7-18)34-16-19-4-8-20(9-5-19)26(27,28)29/h4-14H,3,15-16H2,1-2H3,(H,30,33). The van der Waals surface area contributed by atoms with Crippen LogP contribution in [0.2, 0.25) is 0 Å². The average molecular weight is 467 g/mol. The second kappa shape index (κ2) is 9.59. The van der Waals surface area contributed by atoms with E-state index in [4.69, 9.17) is 4.74 Å². The molecule has 0 unspecified atom stereocenters. The first-order valence-corrected chi connectivity index (χ1v) is 10.9. The Morgan fingerprint density at radius 1 is 1.03 bits per heavy atom. The van der Waals surface area contributed by atoms with E-state index in [1.54, 1.807) is 16.5 Å². The lowest BCUT2D eigenvalue weighted by molar-refractivity contribution is -0.137. The number of benzene rings is 2. The van der Waals surface area contributed by atoms with E-state index in [2.05, 4.69) is 10.3 Å². The van der Waals surface area contributed by atoms with Crippen LogP contribution in [0.4, 0.5) is 13.2 Å². The van der Waals surface area contributed by atoms with Gasteiger partial charge in [-0.15, -0.1) is 0 Å². The highest BCUT2D eigenvalue weighted by Crippen LogP contribution is 2.29. The first kappa shape index (κ1) is 23.4. The van der Waals surface area contributed by atoms with Crippen LogP contribution in [0.5, 0.6) is 5.75 Å². The summed E-state index contributed by atoms with van der Waals surface area (Å²) in [5, 5.41) is 2.95. The molecule has 0 spiro atoms. The number of ether oxygens (including phenoxy) is 1. The number of carbonyl (C=O) groups excluding carboxylic acids is 1. The van der Waals surface area contributed by atoms with Crippen LogP contribution in [-0.2, 0) is 25.7 Å². The van der Waals surface area contributed by atoms with Crippen LogP contribution in [0.1, 0.15) is 45.4 Å². The highest BCUT2D eigenvalue weighted by atomic mass is 19.4. The third-order valence-electron chi connectivity index (χ3n) is 5.47. The molecule has 1 amide bonds. The molecule has 2 aromatic heterocycles. The normalized spacial score (nSPS) is 11.6. The van der Waals surface area contributed by atoms with E-state index < -0.39 is 11.7 Å². The van der Waals surface area contributed by atoms with Crippen LogP contribution < -0.4 is 10.1 Å². The second-order valence-corrected chi connectivity index (χ2v) is 8.00. The van der Waals surface area contributed by atoms with E-state index in [0.29, 0.717) is 30.0 Å². The van der Waals surface area contributed by atoms with Crippen molar-refractivity contribution in [2.45, 2.75) is 39.6 Å². The summed E-state index contributed by atoms with van der Waals surface area (Å²) >= 11 is 0. The van der Waals surface area contributed by atoms with Crippen molar-refractivity contribution >= 4 is 11.6 Å². The van der Waals surface area contributed by atoms with Crippen molar-refractivity contribution in [3.63, 3.8) is 0 Å². The maximum atomic E-state index is 12.9. The molecule has 0 radical (unpaired) electrons. The predicted octanol–water partition coefficient (Wildman–Crippen LogP) is 5.73. The van der Waals surface area contributed by atoms with Gasteiger partial charge in [-0.2, -0.15) is 13.2 Å². The Morgan fingerprint density at radius 2 is 1.71 bits per heavy atom. The average Bonchev–Trinajstić information content (AvgIpc) is 3.19. The van der Waals surface area contributed by atoms with Crippen molar-refractivity contribution in [3.05, 3.63) is 101 Å². The molecule has 0 bridgehead atoms. The van der Waals surface area contributed by atoms with Gasteiger partial charge in [0.2, 0.25) is 0 Å². The SMILES string of the molecule is CCc1nc2cc(C)ccn2c1C(=O)NCc1ccc(OCc2ccc(C(F)(F)F)cc2)cc1. The number of aryl methyl sites for hydroxylation is 2. The van der Waals surface area contributed by atoms with Gasteiger partial charge in [-0.05, 0) is 66.4 Å². The molecular weight excluding hydrogens is 443 g/mol. The number of rotatable bonds is 7. The summed E-state index contributed by atoms with van der Waals surface area (Å²) in [6.45, 7) is 4.44. The first-order valence-electron chi connectivity index (χ1n) is 10.9. The molecule has 0 atom stereocenters. The van der Waals surface area contributed by atoms with Crippen molar-refractivity contribution in [1.82, 2.24) is 14.7 Å². The minimum Gasteiger partial charge on any atom is -0.489 e.